The molecule has 0 aliphatic carbocycles. The number of carbonyl (C=O) groups is 1. The SMILES string of the molecule is CNC(=O)N(CSC)c1ccc(Cl)cc1. The Hall–Kier alpha value is -0.870. The Morgan fingerprint density at radius 3 is 2.53 bits per heavy atom. The van der Waals surface area contributed by atoms with Crippen molar-refractivity contribution in [1.29, 1.82) is 0 Å². The molecule has 0 spiro atoms. The number of anilines is 1. The molecule has 1 aromatic rings. The van der Waals surface area contributed by atoms with E-state index in [2.05, 4.69) is 5.32 Å². The Morgan fingerprint density at radius 1 is 1.47 bits per heavy atom. The molecule has 0 heterocycles. The van der Waals surface area contributed by atoms with Gasteiger partial charge in [0.2, 0.25) is 0 Å². The molecule has 15 heavy (non-hydrogen) atoms. The van der Waals surface area contributed by atoms with Gasteiger partial charge in [0.1, 0.15) is 0 Å². The zero-order valence-corrected chi connectivity index (χ0v) is 10.2. The van der Waals surface area contributed by atoms with Crippen molar-refractivity contribution in [2.24, 2.45) is 0 Å². The molecule has 0 unspecified atom stereocenters. The summed E-state index contributed by atoms with van der Waals surface area (Å²) < 4.78 is 0. The summed E-state index contributed by atoms with van der Waals surface area (Å²) in [5, 5.41) is 3.27. The van der Waals surface area contributed by atoms with Crippen molar-refractivity contribution in [3.8, 4) is 0 Å². The molecule has 0 radical (unpaired) electrons. The standard InChI is InChI=1S/C10H13ClN2OS/c1-12-10(14)13(7-15-2)9-5-3-8(11)4-6-9/h3-6H,7H2,1-2H3,(H,12,14). The fraction of sp³-hybridized carbons (Fsp3) is 0.300. The fourth-order valence-corrected chi connectivity index (χ4v) is 1.79. The number of halogens is 1. The number of nitrogens with one attached hydrogen (secondary N) is 1. The highest BCUT2D eigenvalue weighted by molar-refractivity contribution is 7.98. The molecule has 1 N–H and O–H groups in total. The third-order valence-corrected chi connectivity index (χ3v) is 2.62. The molecule has 0 aliphatic rings. The third kappa shape index (κ3) is 3.32. The summed E-state index contributed by atoms with van der Waals surface area (Å²) in [5.74, 6) is 0.612. The quantitative estimate of drug-likeness (QED) is 0.830. The van der Waals surface area contributed by atoms with E-state index in [4.69, 9.17) is 11.6 Å². The second kappa shape index (κ2) is 5.88. The van der Waals surface area contributed by atoms with E-state index in [1.54, 1.807) is 35.8 Å². The summed E-state index contributed by atoms with van der Waals surface area (Å²) in [7, 11) is 1.62. The zero-order valence-electron chi connectivity index (χ0n) is 8.66. The first-order valence-electron chi connectivity index (χ1n) is 4.42. The van der Waals surface area contributed by atoms with Crippen molar-refractivity contribution in [3.05, 3.63) is 29.3 Å². The molecule has 1 aromatic carbocycles. The van der Waals surface area contributed by atoms with Crippen LogP contribution in [0.5, 0.6) is 0 Å². The molecule has 0 aliphatic heterocycles. The molecule has 5 heteroatoms. The predicted molar refractivity (Wildman–Crippen MR) is 66.8 cm³/mol. The summed E-state index contributed by atoms with van der Waals surface area (Å²) in [6.45, 7) is 0. The van der Waals surface area contributed by atoms with Gasteiger partial charge in [-0.25, -0.2) is 4.79 Å². The average Bonchev–Trinajstić information content (AvgIpc) is 2.26. The van der Waals surface area contributed by atoms with Gasteiger partial charge in [0.25, 0.3) is 0 Å². The number of thioether (sulfide) groups is 1. The van der Waals surface area contributed by atoms with Gasteiger partial charge in [-0.05, 0) is 30.5 Å². The largest absolute Gasteiger partial charge is 0.341 e. The molecule has 1 rings (SSSR count). The second-order valence-corrected chi connectivity index (χ2v) is 4.15. The lowest BCUT2D eigenvalue weighted by molar-refractivity contribution is 0.249. The van der Waals surface area contributed by atoms with Crippen molar-refractivity contribution < 1.29 is 4.79 Å². The van der Waals surface area contributed by atoms with Crippen LogP contribution in [0, 0.1) is 0 Å². The molecule has 0 saturated carbocycles. The van der Waals surface area contributed by atoms with Gasteiger partial charge in [0.05, 0.1) is 5.88 Å². The summed E-state index contributed by atoms with van der Waals surface area (Å²) in [6, 6.07) is 7.08. The number of hydrogen-bond acceptors (Lipinski definition) is 2. The van der Waals surface area contributed by atoms with Gasteiger partial charge in [-0.3, -0.25) is 4.90 Å². The summed E-state index contributed by atoms with van der Waals surface area (Å²) in [5.41, 5.74) is 0.841. The van der Waals surface area contributed by atoms with Crippen molar-refractivity contribution in [1.82, 2.24) is 5.32 Å². The predicted octanol–water partition coefficient (Wildman–Crippen LogP) is 2.81. The second-order valence-electron chi connectivity index (χ2n) is 2.88. The molecule has 3 nitrogen and oxygen atoms in total. The normalized spacial score (nSPS) is 9.80. The third-order valence-electron chi connectivity index (χ3n) is 1.86. The minimum Gasteiger partial charge on any atom is -0.341 e. The number of benzene rings is 1. The monoisotopic (exact) mass is 244 g/mol. The van der Waals surface area contributed by atoms with E-state index in [-0.39, 0.29) is 6.03 Å². The van der Waals surface area contributed by atoms with E-state index < -0.39 is 0 Å². The zero-order chi connectivity index (χ0) is 11.3. The molecule has 82 valence electrons. The maximum Gasteiger partial charge on any atom is 0.322 e. The Balaban J connectivity index is 2.88. The molecule has 0 aromatic heterocycles. The maximum atomic E-state index is 11.6. The summed E-state index contributed by atoms with van der Waals surface area (Å²) in [6.07, 6.45) is 1.95. The average molecular weight is 245 g/mol. The van der Waals surface area contributed by atoms with Crippen molar-refractivity contribution in [3.63, 3.8) is 0 Å². The Bertz CT molecular complexity index is 329. The summed E-state index contributed by atoms with van der Waals surface area (Å²) >= 11 is 7.37. The van der Waals surface area contributed by atoms with Crippen molar-refractivity contribution in [2.45, 2.75) is 0 Å². The van der Waals surface area contributed by atoms with Crippen LogP contribution in [0.2, 0.25) is 5.02 Å². The first-order valence-corrected chi connectivity index (χ1v) is 6.20. The van der Waals surface area contributed by atoms with Crippen LogP contribution in [-0.2, 0) is 0 Å². The van der Waals surface area contributed by atoms with Crippen LogP contribution < -0.4 is 10.2 Å². The van der Waals surface area contributed by atoms with Crippen LogP contribution in [-0.4, -0.2) is 25.2 Å². The van der Waals surface area contributed by atoms with Crippen molar-refractivity contribution in [2.75, 3.05) is 24.1 Å². The summed E-state index contributed by atoms with van der Waals surface area (Å²) in [4.78, 5) is 13.2. The van der Waals surface area contributed by atoms with E-state index in [0.29, 0.717) is 10.9 Å². The molecule has 0 atom stereocenters. The van der Waals surface area contributed by atoms with Crippen LogP contribution in [0.15, 0.2) is 24.3 Å². The minimum absolute atomic E-state index is 0.119. The van der Waals surface area contributed by atoms with E-state index in [0.717, 1.165) is 5.69 Å². The number of rotatable bonds is 3. The molecular formula is C10H13ClN2OS. The lowest BCUT2D eigenvalue weighted by Gasteiger charge is -2.21. The van der Waals surface area contributed by atoms with Crippen LogP contribution in [0.25, 0.3) is 0 Å². The number of carbonyl (C=O) groups excluding carboxylic acids is 1. The first kappa shape index (κ1) is 12.2. The fourth-order valence-electron chi connectivity index (χ4n) is 1.14. The Labute approximate surface area is 98.8 Å². The molecular weight excluding hydrogens is 232 g/mol. The van der Waals surface area contributed by atoms with E-state index >= 15 is 0 Å². The smallest absolute Gasteiger partial charge is 0.322 e. The highest BCUT2D eigenvalue weighted by Gasteiger charge is 2.12. The van der Waals surface area contributed by atoms with Gasteiger partial charge in [-0.1, -0.05) is 11.6 Å². The minimum atomic E-state index is -0.119. The number of hydrogen-bond donors (Lipinski definition) is 1. The number of amides is 2. The van der Waals surface area contributed by atoms with E-state index in [1.165, 1.54) is 0 Å². The Kier molecular flexibility index (Phi) is 4.78. The van der Waals surface area contributed by atoms with Crippen LogP contribution >= 0.6 is 23.4 Å². The van der Waals surface area contributed by atoms with Gasteiger partial charge in [-0.2, -0.15) is 0 Å². The molecule has 0 saturated heterocycles. The molecule has 2 amide bonds. The van der Waals surface area contributed by atoms with E-state index in [1.807, 2.05) is 18.4 Å². The number of nitrogens with zero attached hydrogens (tertiary/aromatic N) is 1. The maximum absolute atomic E-state index is 11.6. The number of urea groups is 1. The Morgan fingerprint density at radius 2 is 2.07 bits per heavy atom. The van der Waals surface area contributed by atoms with Crippen LogP contribution in [0.3, 0.4) is 0 Å². The van der Waals surface area contributed by atoms with E-state index in [9.17, 15) is 4.79 Å². The highest BCUT2D eigenvalue weighted by atomic mass is 35.5. The molecule has 0 fully saturated rings. The van der Waals surface area contributed by atoms with Gasteiger partial charge >= 0.3 is 6.03 Å². The van der Waals surface area contributed by atoms with Crippen LogP contribution in [0.1, 0.15) is 0 Å². The molecule has 0 bridgehead atoms. The highest BCUT2D eigenvalue weighted by Crippen LogP contribution is 2.19. The van der Waals surface area contributed by atoms with Gasteiger partial charge in [-0.15, -0.1) is 11.8 Å². The topological polar surface area (TPSA) is 32.3 Å². The van der Waals surface area contributed by atoms with Gasteiger partial charge in [0, 0.05) is 17.8 Å². The van der Waals surface area contributed by atoms with Crippen molar-refractivity contribution >= 4 is 35.1 Å². The van der Waals surface area contributed by atoms with Gasteiger partial charge in [0.15, 0.2) is 0 Å². The van der Waals surface area contributed by atoms with Gasteiger partial charge < -0.3 is 5.32 Å². The van der Waals surface area contributed by atoms with Crippen LogP contribution in [0.4, 0.5) is 10.5 Å². The lowest BCUT2D eigenvalue weighted by Crippen LogP contribution is -2.37. The first-order chi connectivity index (χ1) is 7.19. The lowest BCUT2D eigenvalue weighted by atomic mass is 10.3.